The van der Waals surface area contributed by atoms with Gasteiger partial charge in [0, 0.05) is 10.9 Å². The van der Waals surface area contributed by atoms with Gasteiger partial charge in [-0.1, -0.05) is 28.8 Å². The average molecular weight is 343 g/mol. The van der Waals surface area contributed by atoms with Gasteiger partial charge >= 0.3 is 0 Å². The van der Waals surface area contributed by atoms with Gasteiger partial charge in [-0.3, -0.25) is 0 Å². The first-order chi connectivity index (χ1) is 9.03. The zero-order valence-corrected chi connectivity index (χ0v) is 12.7. The standard InChI is InChI=1S/C13H15BrN2O2S/c14-12-3-1-2-4-13(12)16-19(17,18)11-7-5-10(9-15)6-8-11/h5-8,12-13,16H,1-4H2. The second-order valence-corrected chi connectivity index (χ2v) is 7.55. The normalized spacial score (nSPS) is 23.8. The molecule has 1 aliphatic carbocycles. The minimum atomic E-state index is -3.51. The fourth-order valence-corrected chi connectivity index (χ4v) is 4.40. The number of benzene rings is 1. The van der Waals surface area contributed by atoms with Gasteiger partial charge in [0.1, 0.15) is 0 Å². The van der Waals surface area contributed by atoms with E-state index in [9.17, 15) is 8.42 Å². The highest BCUT2D eigenvalue weighted by Crippen LogP contribution is 2.26. The SMILES string of the molecule is N#Cc1ccc(S(=O)(=O)NC2CCCCC2Br)cc1. The van der Waals surface area contributed by atoms with Crippen LogP contribution in [0.15, 0.2) is 29.2 Å². The van der Waals surface area contributed by atoms with Crippen molar-refractivity contribution in [1.29, 1.82) is 5.26 Å². The summed E-state index contributed by atoms with van der Waals surface area (Å²) in [6.07, 6.45) is 4.01. The van der Waals surface area contributed by atoms with E-state index in [1.807, 2.05) is 6.07 Å². The number of hydrogen-bond acceptors (Lipinski definition) is 3. The molecule has 2 rings (SSSR count). The van der Waals surface area contributed by atoms with Gasteiger partial charge in [-0.2, -0.15) is 5.26 Å². The molecule has 0 amide bonds. The quantitative estimate of drug-likeness (QED) is 0.858. The van der Waals surface area contributed by atoms with Crippen LogP contribution in [0.4, 0.5) is 0 Å². The molecule has 1 aliphatic rings. The fraction of sp³-hybridized carbons (Fsp3) is 0.462. The van der Waals surface area contributed by atoms with Crippen molar-refractivity contribution >= 4 is 26.0 Å². The third kappa shape index (κ3) is 3.56. The zero-order valence-electron chi connectivity index (χ0n) is 10.3. The van der Waals surface area contributed by atoms with Crippen LogP contribution in [0.5, 0.6) is 0 Å². The Bertz CT molecular complexity index is 578. The first kappa shape index (κ1) is 14.5. The van der Waals surface area contributed by atoms with E-state index in [2.05, 4.69) is 20.7 Å². The van der Waals surface area contributed by atoms with Crippen molar-refractivity contribution in [3.05, 3.63) is 29.8 Å². The number of alkyl halides is 1. The topological polar surface area (TPSA) is 70.0 Å². The number of sulfonamides is 1. The van der Waals surface area contributed by atoms with Crippen LogP contribution in [0.1, 0.15) is 31.2 Å². The molecule has 0 heterocycles. The predicted molar refractivity (Wildman–Crippen MR) is 76.4 cm³/mol. The van der Waals surface area contributed by atoms with E-state index >= 15 is 0 Å². The number of halogens is 1. The molecule has 0 aromatic heterocycles. The second-order valence-electron chi connectivity index (χ2n) is 4.66. The Hall–Kier alpha value is -0.900. The fourth-order valence-electron chi connectivity index (χ4n) is 2.19. The lowest BCUT2D eigenvalue weighted by Crippen LogP contribution is -2.42. The van der Waals surface area contributed by atoms with Gasteiger partial charge in [-0.05, 0) is 37.1 Å². The molecule has 1 saturated carbocycles. The van der Waals surface area contributed by atoms with Crippen molar-refractivity contribution in [1.82, 2.24) is 4.72 Å². The van der Waals surface area contributed by atoms with E-state index < -0.39 is 10.0 Å². The van der Waals surface area contributed by atoms with Crippen LogP contribution in [-0.2, 0) is 10.0 Å². The van der Waals surface area contributed by atoms with Gasteiger partial charge in [0.05, 0.1) is 16.5 Å². The lowest BCUT2D eigenvalue weighted by molar-refractivity contribution is 0.427. The van der Waals surface area contributed by atoms with E-state index in [1.165, 1.54) is 24.3 Å². The van der Waals surface area contributed by atoms with Crippen molar-refractivity contribution in [3.63, 3.8) is 0 Å². The Balaban J connectivity index is 2.15. The highest BCUT2D eigenvalue weighted by Gasteiger charge is 2.27. The molecule has 0 radical (unpaired) electrons. The molecule has 2 atom stereocenters. The molecule has 4 nitrogen and oxygen atoms in total. The molecule has 1 fully saturated rings. The van der Waals surface area contributed by atoms with Crippen molar-refractivity contribution < 1.29 is 8.42 Å². The Morgan fingerprint density at radius 1 is 1.21 bits per heavy atom. The minimum absolute atomic E-state index is 0.0607. The molecule has 0 aliphatic heterocycles. The Labute approximate surface area is 122 Å². The molecular weight excluding hydrogens is 328 g/mol. The third-order valence-electron chi connectivity index (χ3n) is 3.28. The molecule has 102 valence electrons. The van der Waals surface area contributed by atoms with E-state index in [0.29, 0.717) is 5.56 Å². The summed E-state index contributed by atoms with van der Waals surface area (Å²) in [5.74, 6) is 0. The van der Waals surface area contributed by atoms with Crippen molar-refractivity contribution in [2.75, 3.05) is 0 Å². The number of rotatable bonds is 3. The van der Waals surface area contributed by atoms with Crippen LogP contribution in [0, 0.1) is 11.3 Å². The Morgan fingerprint density at radius 2 is 1.84 bits per heavy atom. The number of hydrogen-bond donors (Lipinski definition) is 1. The second kappa shape index (κ2) is 6.04. The highest BCUT2D eigenvalue weighted by molar-refractivity contribution is 9.09. The largest absolute Gasteiger partial charge is 0.240 e. The van der Waals surface area contributed by atoms with Gasteiger partial charge in [-0.25, -0.2) is 13.1 Å². The monoisotopic (exact) mass is 342 g/mol. The summed E-state index contributed by atoms with van der Waals surface area (Å²) in [6.45, 7) is 0. The highest BCUT2D eigenvalue weighted by atomic mass is 79.9. The summed E-state index contributed by atoms with van der Waals surface area (Å²) in [5, 5.41) is 8.71. The molecule has 1 aromatic rings. The summed E-state index contributed by atoms with van der Waals surface area (Å²) < 4.78 is 27.2. The molecule has 0 saturated heterocycles. The van der Waals surface area contributed by atoms with Crippen LogP contribution < -0.4 is 4.72 Å². The first-order valence-corrected chi connectivity index (χ1v) is 8.59. The lowest BCUT2D eigenvalue weighted by atomic mass is 9.96. The number of nitriles is 1. The van der Waals surface area contributed by atoms with E-state index in [-0.39, 0.29) is 15.8 Å². The van der Waals surface area contributed by atoms with Crippen molar-refractivity contribution in [2.24, 2.45) is 0 Å². The summed E-state index contributed by atoms with van der Waals surface area (Å²) in [4.78, 5) is 0.395. The minimum Gasteiger partial charge on any atom is -0.207 e. The maximum Gasteiger partial charge on any atom is 0.240 e. The summed E-state index contributed by atoms with van der Waals surface area (Å²) >= 11 is 3.53. The van der Waals surface area contributed by atoms with Crippen molar-refractivity contribution in [2.45, 2.75) is 41.4 Å². The molecule has 2 unspecified atom stereocenters. The maximum atomic E-state index is 12.2. The molecule has 6 heteroatoms. The predicted octanol–water partition coefficient (Wildman–Crippen LogP) is 2.54. The Morgan fingerprint density at radius 3 is 2.42 bits per heavy atom. The lowest BCUT2D eigenvalue weighted by Gasteiger charge is -2.27. The average Bonchev–Trinajstić information content (AvgIpc) is 2.41. The molecule has 0 bridgehead atoms. The van der Waals surface area contributed by atoms with Gasteiger partial charge in [-0.15, -0.1) is 0 Å². The summed E-state index contributed by atoms with van der Waals surface area (Å²) in [6, 6.07) is 7.87. The first-order valence-electron chi connectivity index (χ1n) is 6.19. The number of nitrogens with zero attached hydrogens (tertiary/aromatic N) is 1. The smallest absolute Gasteiger partial charge is 0.207 e. The Kier molecular flexibility index (Phi) is 4.61. The van der Waals surface area contributed by atoms with Gasteiger partial charge in [0.25, 0.3) is 0 Å². The van der Waals surface area contributed by atoms with E-state index in [1.54, 1.807) is 0 Å². The molecular formula is C13H15BrN2O2S. The van der Waals surface area contributed by atoms with Crippen LogP contribution in [0.2, 0.25) is 0 Å². The molecule has 1 aromatic carbocycles. The third-order valence-corrected chi connectivity index (χ3v) is 5.88. The maximum absolute atomic E-state index is 12.2. The van der Waals surface area contributed by atoms with Gasteiger partial charge in [0.15, 0.2) is 0 Å². The van der Waals surface area contributed by atoms with Gasteiger partial charge in [0.2, 0.25) is 10.0 Å². The summed E-state index contributed by atoms with van der Waals surface area (Å²) in [5.41, 5.74) is 0.454. The van der Waals surface area contributed by atoms with Crippen LogP contribution >= 0.6 is 15.9 Å². The molecule has 19 heavy (non-hydrogen) atoms. The van der Waals surface area contributed by atoms with Crippen LogP contribution in [0.25, 0.3) is 0 Å². The zero-order chi connectivity index (χ0) is 13.9. The van der Waals surface area contributed by atoms with Crippen LogP contribution in [-0.4, -0.2) is 19.3 Å². The van der Waals surface area contributed by atoms with Crippen molar-refractivity contribution in [3.8, 4) is 6.07 Å². The van der Waals surface area contributed by atoms with Crippen LogP contribution in [0.3, 0.4) is 0 Å². The number of nitrogens with one attached hydrogen (secondary N) is 1. The van der Waals surface area contributed by atoms with Gasteiger partial charge < -0.3 is 0 Å². The summed E-state index contributed by atoms with van der Waals surface area (Å²) in [7, 11) is -3.51. The molecule has 1 N–H and O–H groups in total. The van der Waals surface area contributed by atoms with E-state index in [4.69, 9.17) is 5.26 Å². The van der Waals surface area contributed by atoms with E-state index in [0.717, 1.165) is 25.7 Å². The molecule has 0 spiro atoms.